The van der Waals surface area contributed by atoms with Crippen molar-refractivity contribution < 1.29 is 31.2 Å². The maximum atomic E-state index is 13.2. The number of rotatable bonds is 5. The van der Waals surface area contributed by atoms with Crippen molar-refractivity contribution >= 4 is 22.0 Å². The van der Waals surface area contributed by atoms with Crippen LogP contribution < -0.4 is 5.32 Å². The largest absolute Gasteiger partial charge is 0.393 e. The van der Waals surface area contributed by atoms with Gasteiger partial charge in [-0.15, -0.1) is 0 Å². The standard InChI is InChI=1S/C20H28F3N5O4S/c21-20(22,23)15-5-6-16(15)25-18(29)17-4-2-8-28(17)19(30)14-3-1-7-26(12-14)33(31,32)27-10-13(9-24)11-27/h13-17H,1-8,10-12H2,(H,25,29)/t14-,15?,16?,17+/m0/s1. The lowest BCUT2D eigenvalue weighted by atomic mass is 9.79. The third-order valence-corrected chi connectivity index (χ3v) is 9.21. The topological polar surface area (TPSA) is 114 Å². The van der Waals surface area contributed by atoms with Gasteiger partial charge < -0.3 is 10.2 Å². The zero-order chi connectivity index (χ0) is 24.0. The van der Waals surface area contributed by atoms with Gasteiger partial charge in [-0.1, -0.05) is 0 Å². The molecule has 1 N–H and O–H groups in total. The second kappa shape index (κ2) is 9.03. The van der Waals surface area contributed by atoms with E-state index >= 15 is 0 Å². The molecule has 3 saturated heterocycles. The van der Waals surface area contributed by atoms with Crippen LogP contribution in [0.15, 0.2) is 0 Å². The average Bonchev–Trinajstić information content (AvgIpc) is 3.18. The van der Waals surface area contributed by atoms with Gasteiger partial charge >= 0.3 is 6.18 Å². The van der Waals surface area contributed by atoms with Crippen LogP contribution >= 0.6 is 0 Å². The molecule has 3 aliphatic heterocycles. The van der Waals surface area contributed by atoms with Crippen molar-refractivity contribution in [3.8, 4) is 6.07 Å². The molecule has 4 rings (SSSR count). The summed E-state index contributed by atoms with van der Waals surface area (Å²) < 4.78 is 67.1. The molecule has 3 heterocycles. The Morgan fingerprint density at radius 2 is 1.67 bits per heavy atom. The molecule has 4 atom stereocenters. The minimum atomic E-state index is -4.36. The van der Waals surface area contributed by atoms with E-state index in [1.54, 1.807) is 0 Å². The highest BCUT2D eigenvalue weighted by molar-refractivity contribution is 7.86. The van der Waals surface area contributed by atoms with E-state index in [4.69, 9.17) is 5.26 Å². The number of halogens is 3. The van der Waals surface area contributed by atoms with Gasteiger partial charge in [-0.2, -0.15) is 35.5 Å². The highest BCUT2D eigenvalue weighted by Gasteiger charge is 2.51. The Morgan fingerprint density at radius 1 is 0.970 bits per heavy atom. The van der Waals surface area contributed by atoms with E-state index in [0.717, 1.165) is 0 Å². The minimum Gasteiger partial charge on any atom is -0.351 e. The smallest absolute Gasteiger partial charge is 0.351 e. The van der Waals surface area contributed by atoms with Gasteiger partial charge in [0.1, 0.15) is 6.04 Å². The first-order valence-corrected chi connectivity index (χ1v) is 12.7. The number of amides is 2. The summed E-state index contributed by atoms with van der Waals surface area (Å²) in [5.41, 5.74) is 0. The maximum Gasteiger partial charge on any atom is 0.393 e. The third kappa shape index (κ3) is 4.70. The summed E-state index contributed by atoms with van der Waals surface area (Å²) >= 11 is 0. The molecule has 13 heteroatoms. The number of likely N-dealkylation sites (tertiary alicyclic amines) is 1. The molecule has 1 aliphatic carbocycles. The summed E-state index contributed by atoms with van der Waals surface area (Å²) in [5, 5.41) is 11.4. The van der Waals surface area contributed by atoms with Crippen LogP contribution in [-0.2, 0) is 19.8 Å². The average molecular weight is 492 g/mol. The summed E-state index contributed by atoms with van der Waals surface area (Å²) in [6, 6.07) is 0.246. The second-order valence-electron chi connectivity index (χ2n) is 9.38. The predicted molar refractivity (Wildman–Crippen MR) is 109 cm³/mol. The number of hydrogen-bond donors (Lipinski definition) is 1. The Hall–Kier alpha value is -1.91. The fraction of sp³-hybridized carbons (Fsp3) is 0.850. The molecular formula is C20H28F3N5O4S. The van der Waals surface area contributed by atoms with Crippen molar-refractivity contribution in [1.82, 2.24) is 18.8 Å². The molecule has 2 unspecified atom stereocenters. The SMILES string of the molecule is N#CC1CN(S(=O)(=O)N2CCC[C@H](C(=O)N3CCC[C@@H]3C(=O)NC3CCC3C(F)(F)F)C2)C1. The first kappa shape index (κ1) is 24.2. The zero-order valence-corrected chi connectivity index (χ0v) is 18.9. The zero-order valence-electron chi connectivity index (χ0n) is 18.1. The van der Waals surface area contributed by atoms with Gasteiger partial charge in [-0.25, -0.2) is 0 Å². The van der Waals surface area contributed by atoms with E-state index < -0.39 is 46.2 Å². The molecule has 4 aliphatic rings. The molecule has 1 saturated carbocycles. The summed E-state index contributed by atoms with van der Waals surface area (Å²) in [4.78, 5) is 27.4. The molecule has 0 radical (unpaired) electrons. The van der Waals surface area contributed by atoms with Crippen LogP contribution in [0.2, 0.25) is 0 Å². The molecule has 33 heavy (non-hydrogen) atoms. The first-order valence-electron chi connectivity index (χ1n) is 11.3. The number of carbonyl (C=O) groups is 2. The molecule has 184 valence electrons. The number of nitriles is 1. The second-order valence-corrected chi connectivity index (χ2v) is 11.3. The summed E-state index contributed by atoms with van der Waals surface area (Å²) in [5.74, 6) is -3.37. The van der Waals surface area contributed by atoms with Crippen LogP contribution in [0.1, 0.15) is 38.5 Å². The van der Waals surface area contributed by atoms with Crippen LogP contribution in [0, 0.1) is 29.1 Å². The highest BCUT2D eigenvalue weighted by atomic mass is 32.2. The third-order valence-electron chi connectivity index (χ3n) is 7.28. The van der Waals surface area contributed by atoms with E-state index in [9.17, 15) is 31.2 Å². The fourth-order valence-electron chi connectivity index (χ4n) is 5.11. The maximum absolute atomic E-state index is 13.2. The normalized spacial score (nSPS) is 32.0. The van der Waals surface area contributed by atoms with E-state index in [2.05, 4.69) is 5.32 Å². The van der Waals surface area contributed by atoms with Gasteiger partial charge in [-0.05, 0) is 38.5 Å². The first-order chi connectivity index (χ1) is 15.5. The van der Waals surface area contributed by atoms with Crippen molar-refractivity contribution in [2.75, 3.05) is 32.7 Å². The van der Waals surface area contributed by atoms with Crippen LogP contribution in [0.3, 0.4) is 0 Å². The molecule has 2 amide bonds. The number of carbonyl (C=O) groups excluding carboxylic acids is 2. The van der Waals surface area contributed by atoms with Crippen molar-refractivity contribution in [3.63, 3.8) is 0 Å². The van der Waals surface area contributed by atoms with Gasteiger partial charge in [-0.3, -0.25) is 9.59 Å². The number of hydrogen-bond acceptors (Lipinski definition) is 5. The highest BCUT2D eigenvalue weighted by Crippen LogP contribution is 2.41. The number of piperidine rings is 1. The Kier molecular flexibility index (Phi) is 6.63. The van der Waals surface area contributed by atoms with Gasteiger partial charge in [0.2, 0.25) is 11.8 Å². The molecular weight excluding hydrogens is 463 g/mol. The van der Waals surface area contributed by atoms with Crippen LogP contribution in [0.25, 0.3) is 0 Å². The molecule has 0 aromatic carbocycles. The molecule has 4 fully saturated rings. The summed E-state index contributed by atoms with van der Waals surface area (Å²) in [6.45, 7) is 0.886. The number of nitrogens with zero attached hydrogens (tertiary/aromatic N) is 4. The predicted octanol–water partition coefficient (Wildman–Crippen LogP) is 0.847. The Morgan fingerprint density at radius 3 is 2.27 bits per heavy atom. The van der Waals surface area contributed by atoms with Gasteiger partial charge in [0.15, 0.2) is 0 Å². The monoisotopic (exact) mass is 491 g/mol. The van der Waals surface area contributed by atoms with Crippen molar-refractivity contribution in [3.05, 3.63) is 0 Å². The van der Waals surface area contributed by atoms with Crippen molar-refractivity contribution in [2.45, 2.75) is 56.8 Å². The van der Waals surface area contributed by atoms with Gasteiger partial charge in [0.05, 0.1) is 23.8 Å². The molecule has 0 aromatic heterocycles. The number of nitrogens with one attached hydrogen (secondary N) is 1. The Labute approximate surface area is 191 Å². The quantitative estimate of drug-likeness (QED) is 0.613. The lowest BCUT2D eigenvalue weighted by Crippen LogP contribution is -2.59. The lowest BCUT2D eigenvalue weighted by molar-refractivity contribution is -0.203. The van der Waals surface area contributed by atoms with Crippen LogP contribution in [0.4, 0.5) is 13.2 Å². The Bertz CT molecular complexity index is 931. The van der Waals surface area contributed by atoms with Crippen LogP contribution in [0.5, 0.6) is 0 Å². The van der Waals surface area contributed by atoms with E-state index in [1.165, 1.54) is 13.5 Å². The van der Waals surface area contributed by atoms with E-state index in [-0.39, 0.29) is 50.8 Å². The summed E-state index contributed by atoms with van der Waals surface area (Å²) in [7, 11) is -3.76. The number of alkyl halides is 3. The van der Waals surface area contributed by atoms with Gasteiger partial charge in [0.25, 0.3) is 10.2 Å². The molecule has 9 nitrogen and oxygen atoms in total. The molecule has 0 spiro atoms. The van der Waals surface area contributed by atoms with E-state index in [0.29, 0.717) is 32.2 Å². The van der Waals surface area contributed by atoms with E-state index in [1.807, 2.05) is 6.07 Å². The summed E-state index contributed by atoms with van der Waals surface area (Å²) in [6.07, 6.45) is -2.20. The van der Waals surface area contributed by atoms with Crippen LogP contribution in [-0.4, -0.2) is 84.7 Å². The van der Waals surface area contributed by atoms with Gasteiger partial charge in [0, 0.05) is 38.8 Å². The minimum absolute atomic E-state index is 0.00149. The fourth-order valence-corrected chi connectivity index (χ4v) is 6.90. The Balaban J connectivity index is 1.37. The lowest BCUT2D eigenvalue weighted by Gasteiger charge is -2.41. The van der Waals surface area contributed by atoms with Crippen molar-refractivity contribution in [2.24, 2.45) is 17.8 Å². The molecule has 0 bridgehead atoms. The molecule has 0 aromatic rings. The van der Waals surface area contributed by atoms with Crippen molar-refractivity contribution in [1.29, 1.82) is 5.26 Å².